The Morgan fingerprint density at radius 2 is 1.63 bits per heavy atom. The van der Waals surface area contributed by atoms with Crippen LogP contribution in [-0.2, 0) is 4.74 Å². The second-order valence-electron chi connectivity index (χ2n) is 7.69. The molecule has 108 valence electrons. The van der Waals surface area contributed by atoms with Gasteiger partial charge in [-0.05, 0) is 88.0 Å². The zero-order valence-electron chi connectivity index (χ0n) is 12.2. The fraction of sp³-hybridized carbons (Fsp3) is 1.00. The third-order valence-corrected chi connectivity index (χ3v) is 6.35. The van der Waals surface area contributed by atoms with Gasteiger partial charge in [-0.15, -0.1) is 0 Å². The van der Waals surface area contributed by atoms with Crippen molar-refractivity contribution >= 4 is 0 Å². The average Bonchev–Trinajstić information content (AvgIpc) is 2.42. The summed E-state index contributed by atoms with van der Waals surface area (Å²) >= 11 is 0. The lowest BCUT2D eigenvalue weighted by molar-refractivity contribution is -0.0190. The van der Waals surface area contributed by atoms with Gasteiger partial charge in [0.25, 0.3) is 0 Å². The first-order valence-electron chi connectivity index (χ1n) is 8.73. The van der Waals surface area contributed by atoms with Crippen LogP contribution in [0.25, 0.3) is 0 Å². The van der Waals surface area contributed by atoms with Crippen LogP contribution in [0.5, 0.6) is 0 Å². The Morgan fingerprint density at radius 3 is 2.26 bits per heavy atom. The van der Waals surface area contributed by atoms with Crippen molar-refractivity contribution in [2.45, 2.75) is 69.9 Å². The van der Waals surface area contributed by atoms with Crippen LogP contribution in [0.1, 0.15) is 57.8 Å². The second-order valence-corrected chi connectivity index (χ2v) is 7.69. The molecule has 5 fully saturated rings. The van der Waals surface area contributed by atoms with E-state index in [-0.39, 0.29) is 0 Å². The molecule has 0 radical (unpaired) electrons. The highest BCUT2D eigenvalue weighted by atomic mass is 16.5. The summed E-state index contributed by atoms with van der Waals surface area (Å²) < 4.78 is 5.85. The van der Waals surface area contributed by atoms with Crippen LogP contribution in [0.4, 0.5) is 0 Å². The molecule has 19 heavy (non-hydrogen) atoms. The Kier molecular flexibility index (Phi) is 3.57. The summed E-state index contributed by atoms with van der Waals surface area (Å²) in [6.45, 7) is 2.19. The van der Waals surface area contributed by atoms with E-state index in [2.05, 4.69) is 5.32 Å². The summed E-state index contributed by atoms with van der Waals surface area (Å²) in [7, 11) is 0. The highest BCUT2D eigenvalue weighted by molar-refractivity contribution is 5.01. The van der Waals surface area contributed by atoms with Crippen LogP contribution in [-0.4, -0.2) is 25.3 Å². The summed E-state index contributed by atoms with van der Waals surface area (Å²) in [5.41, 5.74) is 0. The molecular formula is C17H29NO. The standard InChI is InChI=1S/C17H29NO/c1-2-6-19-16(3-1)4-5-18-17-14-8-12-7-13(10-14)11-15(17)9-12/h12-18H,1-11H2. The van der Waals surface area contributed by atoms with Crippen LogP contribution >= 0.6 is 0 Å². The molecule has 2 nitrogen and oxygen atoms in total. The minimum atomic E-state index is 0.554. The quantitative estimate of drug-likeness (QED) is 0.840. The zero-order valence-corrected chi connectivity index (χ0v) is 12.2. The Hall–Kier alpha value is -0.0800. The molecule has 0 aromatic carbocycles. The van der Waals surface area contributed by atoms with Crippen LogP contribution in [0.15, 0.2) is 0 Å². The molecule has 0 aromatic heterocycles. The normalized spacial score (nSPS) is 48.6. The van der Waals surface area contributed by atoms with Crippen molar-refractivity contribution in [1.82, 2.24) is 5.32 Å². The van der Waals surface area contributed by atoms with E-state index in [4.69, 9.17) is 4.74 Å². The summed E-state index contributed by atoms with van der Waals surface area (Å²) in [6, 6.07) is 0.858. The van der Waals surface area contributed by atoms with Crippen LogP contribution in [0, 0.1) is 23.7 Å². The summed E-state index contributed by atoms with van der Waals surface area (Å²) in [6.07, 6.45) is 13.4. The number of ether oxygens (including phenoxy) is 1. The van der Waals surface area contributed by atoms with Gasteiger partial charge in [-0.25, -0.2) is 0 Å². The van der Waals surface area contributed by atoms with Crippen molar-refractivity contribution in [2.75, 3.05) is 13.2 Å². The molecule has 0 spiro atoms. The third-order valence-electron chi connectivity index (χ3n) is 6.35. The van der Waals surface area contributed by atoms with Gasteiger partial charge in [-0.2, -0.15) is 0 Å². The number of nitrogens with one attached hydrogen (secondary N) is 1. The first-order chi connectivity index (χ1) is 9.38. The smallest absolute Gasteiger partial charge is 0.0587 e. The molecule has 5 aliphatic rings. The van der Waals surface area contributed by atoms with Crippen LogP contribution in [0.3, 0.4) is 0 Å². The number of rotatable bonds is 4. The third kappa shape index (κ3) is 2.58. The minimum absolute atomic E-state index is 0.554. The molecule has 2 heteroatoms. The molecule has 0 amide bonds. The van der Waals surface area contributed by atoms with Gasteiger partial charge in [-0.1, -0.05) is 0 Å². The fourth-order valence-corrected chi connectivity index (χ4v) is 5.70. The molecule has 4 aliphatic carbocycles. The predicted molar refractivity (Wildman–Crippen MR) is 77.0 cm³/mol. The van der Waals surface area contributed by atoms with Gasteiger partial charge in [0.2, 0.25) is 0 Å². The first kappa shape index (κ1) is 12.6. The van der Waals surface area contributed by atoms with Gasteiger partial charge in [0, 0.05) is 12.6 Å². The lowest BCUT2D eigenvalue weighted by atomic mass is 9.54. The van der Waals surface area contributed by atoms with E-state index in [0.717, 1.165) is 36.3 Å². The van der Waals surface area contributed by atoms with E-state index in [1.54, 1.807) is 6.42 Å². The topological polar surface area (TPSA) is 21.3 Å². The fourth-order valence-electron chi connectivity index (χ4n) is 5.70. The minimum Gasteiger partial charge on any atom is -0.378 e. The monoisotopic (exact) mass is 263 g/mol. The molecule has 1 atom stereocenters. The molecular weight excluding hydrogens is 234 g/mol. The van der Waals surface area contributed by atoms with Crippen molar-refractivity contribution in [1.29, 1.82) is 0 Å². The van der Waals surface area contributed by atoms with Gasteiger partial charge in [0.15, 0.2) is 0 Å². The van der Waals surface area contributed by atoms with E-state index in [1.807, 2.05) is 0 Å². The van der Waals surface area contributed by atoms with Gasteiger partial charge in [0.05, 0.1) is 6.10 Å². The molecule has 4 bridgehead atoms. The Bertz CT molecular complexity index is 282. The second kappa shape index (κ2) is 5.37. The highest BCUT2D eigenvalue weighted by Crippen LogP contribution is 2.53. The summed E-state index contributed by atoms with van der Waals surface area (Å²) in [5, 5.41) is 3.93. The summed E-state index contributed by atoms with van der Waals surface area (Å²) in [4.78, 5) is 0. The predicted octanol–water partition coefficient (Wildman–Crippen LogP) is 3.36. The van der Waals surface area contributed by atoms with E-state index in [1.165, 1.54) is 57.9 Å². The maximum absolute atomic E-state index is 5.85. The van der Waals surface area contributed by atoms with Crippen molar-refractivity contribution in [3.63, 3.8) is 0 Å². The molecule has 1 N–H and O–H groups in total. The lowest BCUT2D eigenvalue weighted by Crippen LogP contribution is -2.54. The van der Waals surface area contributed by atoms with E-state index >= 15 is 0 Å². The SMILES string of the molecule is C1CCC(CCNC2C3CC4CC(C3)CC2C4)OC1. The molecule has 1 saturated heterocycles. The van der Waals surface area contributed by atoms with Crippen molar-refractivity contribution in [2.24, 2.45) is 23.7 Å². The maximum atomic E-state index is 5.85. The van der Waals surface area contributed by atoms with Crippen molar-refractivity contribution < 1.29 is 4.74 Å². The van der Waals surface area contributed by atoms with Crippen molar-refractivity contribution in [3.8, 4) is 0 Å². The van der Waals surface area contributed by atoms with Gasteiger partial charge in [-0.3, -0.25) is 0 Å². The Labute approximate surface area is 117 Å². The lowest BCUT2D eigenvalue weighted by Gasteiger charge is -2.54. The molecule has 0 aromatic rings. The van der Waals surface area contributed by atoms with Gasteiger partial charge >= 0.3 is 0 Å². The number of hydrogen-bond donors (Lipinski definition) is 1. The van der Waals surface area contributed by atoms with Gasteiger partial charge < -0.3 is 10.1 Å². The molecule has 5 rings (SSSR count). The molecule has 1 aliphatic heterocycles. The van der Waals surface area contributed by atoms with Crippen LogP contribution < -0.4 is 5.32 Å². The van der Waals surface area contributed by atoms with E-state index in [9.17, 15) is 0 Å². The van der Waals surface area contributed by atoms with E-state index in [0.29, 0.717) is 6.10 Å². The number of hydrogen-bond acceptors (Lipinski definition) is 2. The summed E-state index contributed by atoms with van der Waals surface area (Å²) in [5.74, 6) is 4.23. The zero-order chi connectivity index (χ0) is 12.7. The van der Waals surface area contributed by atoms with Crippen LogP contribution in [0.2, 0.25) is 0 Å². The van der Waals surface area contributed by atoms with E-state index < -0.39 is 0 Å². The largest absolute Gasteiger partial charge is 0.378 e. The average molecular weight is 263 g/mol. The Balaban J connectivity index is 1.26. The highest BCUT2D eigenvalue weighted by Gasteiger charge is 2.47. The Morgan fingerprint density at radius 1 is 0.895 bits per heavy atom. The van der Waals surface area contributed by atoms with Crippen molar-refractivity contribution in [3.05, 3.63) is 0 Å². The molecule has 1 unspecified atom stereocenters. The first-order valence-corrected chi connectivity index (χ1v) is 8.73. The maximum Gasteiger partial charge on any atom is 0.0587 e. The van der Waals surface area contributed by atoms with Gasteiger partial charge in [0.1, 0.15) is 0 Å². The molecule has 1 heterocycles. The molecule has 4 saturated carbocycles.